The van der Waals surface area contributed by atoms with Crippen LogP contribution in [0.4, 0.5) is 5.95 Å². The molecule has 0 unspecified atom stereocenters. The topological polar surface area (TPSA) is 73.8 Å². The number of rotatable bonds is 5. The van der Waals surface area contributed by atoms with Crippen molar-refractivity contribution >= 4 is 28.0 Å². The molecule has 0 amide bonds. The molecular weight excluding hydrogens is 312 g/mol. The Hall–Kier alpha value is -2.02. The van der Waals surface area contributed by atoms with E-state index >= 15 is 0 Å². The molecular formula is C12H11BrN4O2. The van der Waals surface area contributed by atoms with Gasteiger partial charge in [0.15, 0.2) is 0 Å². The summed E-state index contributed by atoms with van der Waals surface area (Å²) in [5.41, 5.74) is 1.10. The zero-order valence-electron chi connectivity index (χ0n) is 9.94. The summed E-state index contributed by atoms with van der Waals surface area (Å²) in [5.74, 6) is -0.364. The van der Waals surface area contributed by atoms with Crippen LogP contribution in [0.5, 0.6) is 0 Å². The molecule has 0 aliphatic rings. The maximum atomic E-state index is 10.4. The van der Waals surface area contributed by atoms with Crippen LogP contribution in [0.2, 0.25) is 0 Å². The standard InChI is InChI=1S/C12H11BrN4O2/c13-11-6-4-10(5-7-11)3-1-2-8-16-9-14-12(15-16)17(18)19/h1,3-7,9H,2,8H2. The molecule has 0 saturated carbocycles. The van der Waals surface area contributed by atoms with Crippen molar-refractivity contribution in [1.82, 2.24) is 14.8 Å². The molecule has 1 heterocycles. The molecule has 0 radical (unpaired) electrons. The molecule has 0 N–H and O–H groups in total. The van der Waals surface area contributed by atoms with E-state index in [-0.39, 0.29) is 5.95 Å². The first-order valence-corrected chi connectivity index (χ1v) is 6.40. The van der Waals surface area contributed by atoms with Gasteiger partial charge < -0.3 is 10.1 Å². The molecule has 0 atom stereocenters. The first kappa shape index (κ1) is 13.4. The van der Waals surface area contributed by atoms with E-state index < -0.39 is 4.92 Å². The monoisotopic (exact) mass is 322 g/mol. The van der Waals surface area contributed by atoms with Crippen LogP contribution in [0.25, 0.3) is 6.08 Å². The molecule has 0 fully saturated rings. The second-order valence-electron chi connectivity index (χ2n) is 3.81. The first-order chi connectivity index (χ1) is 9.15. The van der Waals surface area contributed by atoms with Gasteiger partial charge in [0.05, 0.1) is 6.54 Å². The highest BCUT2D eigenvalue weighted by Crippen LogP contribution is 2.11. The Morgan fingerprint density at radius 2 is 2.11 bits per heavy atom. The molecule has 2 rings (SSSR count). The second kappa shape index (κ2) is 6.24. The van der Waals surface area contributed by atoms with Crippen LogP contribution >= 0.6 is 15.9 Å². The van der Waals surface area contributed by atoms with Gasteiger partial charge in [-0.2, -0.15) is 4.68 Å². The number of aromatic nitrogens is 3. The van der Waals surface area contributed by atoms with Crippen LogP contribution in [-0.2, 0) is 6.54 Å². The highest BCUT2D eigenvalue weighted by Gasteiger charge is 2.11. The van der Waals surface area contributed by atoms with E-state index in [4.69, 9.17) is 0 Å². The molecule has 6 nitrogen and oxygen atoms in total. The second-order valence-corrected chi connectivity index (χ2v) is 4.72. The fourth-order valence-electron chi connectivity index (χ4n) is 1.48. The summed E-state index contributed by atoms with van der Waals surface area (Å²) in [5, 5.41) is 14.1. The van der Waals surface area contributed by atoms with E-state index in [0.717, 1.165) is 16.5 Å². The van der Waals surface area contributed by atoms with Gasteiger partial charge in [0.25, 0.3) is 0 Å². The fourth-order valence-corrected chi connectivity index (χ4v) is 1.74. The van der Waals surface area contributed by atoms with E-state index in [0.29, 0.717) is 6.54 Å². The average Bonchev–Trinajstić information content (AvgIpc) is 2.86. The zero-order chi connectivity index (χ0) is 13.7. The minimum Gasteiger partial charge on any atom is -0.390 e. The van der Waals surface area contributed by atoms with Gasteiger partial charge >= 0.3 is 5.95 Å². The third-order valence-corrected chi connectivity index (χ3v) is 2.92. The quantitative estimate of drug-likeness (QED) is 0.626. The fraction of sp³-hybridized carbons (Fsp3) is 0.167. The van der Waals surface area contributed by atoms with Crippen LogP contribution in [0.1, 0.15) is 12.0 Å². The lowest BCUT2D eigenvalue weighted by molar-refractivity contribution is -0.394. The SMILES string of the molecule is O=[N+]([O-])c1ncn(CCC=Cc2ccc(Br)cc2)n1. The number of aryl methyl sites for hydroxylation is 1. The van der Waals surface area contributed by atoms with Crippen LogP contribution in [0, 0.1) is 10.1 Å². The smallest absolute Gasteiger partial charge is 0.390 e. The molecule has 0 spiro atoms. The Labute approximate surface area is 118 Å². The number of benzene rings is 1. The Bertz CT molecular complexity index is 592. The van der Waals surface area contributed by atoms with Crippen LogP contribution in [-0.4, -0.2) is 19.7 Å². The lowest BCUT2D eigenvalue weighted by atomic mass is 10.2. The van der Waals surface area contributed by atoms with Gasteiger partial charge in [-0.1, -0.05) is 45.2 Å². The Kier molecular flexibility index (Phi) is 4.40. The van der Waals surface area contributed by atoms with Crippen molar-refractivity contribution in [3.8, 4) is 0 Å². The molecule has 0 saturated heterocycles. The maximum Gasteiger partial charge on any atom is 0.490 e. The van der Waals surface area contributed by atoms with E-state index in [1.807, 2.05) is 36.4 Å². The van der Waals surface area contributed by atoms with Gasteiger partial charge in [0, 0.05) is 9.57 Å². The van der Waals surface area contributed by atoms with Crippen molar-refractivity contribution in [3.05, 3.63) is 56.8 Å². The lowest BCUT2D eigenvalue weighted by Crippen LogP contribution is -1.98. The molecule has 2 aromatic rings. The Morgan fingerprint density at radius 3 is 2.74 bits per heavy atom. The predicted molar refractivity (Wildman–Crippen MR) is 74.5 cm³/mol. The summed E-state index contributed by atoms with van der Waals surface area (Å²) in [6.07, 6.45) is 6.09. The minimum atomic E-state index is -0.603. The zero-order valence-corrected chi connectivity index (χ0v) is 11.5. The van der Waals surface area contributed by atoms with Crippen molar-refractivity contribution in [2.75, 3.05) is 0 Å². The molecule has 0 aliphatic heterocycles. The van der Waals surface area contributed by atoms with Gasteiger partial charge in [0.2, 0.25) is 6.33 Å². The molecule has 98 valence electrons. The highest BCUT2D eigenvalue weighted by atomic mass is 79.9. The van der Waals surface area contributed by atoms with Crippen molar-refractivity contribution in [3.63, 3.8) is 0 Å². The van der Waals surface area contributed by atoms with E-state index in [9.17, 15) is 10.1 Å². The minimum absolute atomic E-state index is 0.364. The van der Waals surface area contributed by atoms with Crippen molar-refractivity contribution < 1.29 is 4.92 Å². The van der Waals surface area contributed by atoms with E-state index in [1.165, 1.54) is 11.0 Å². The van der Waals surface area contributed by atoms with Crippen molar-refractivity contribution in [2.45, 2.75) is 13.0 Å². The average molecular weight is 323 g/mol. The summed E-state index contributed by atoms with van der Waals surface area (Å²) < 4.78 is 2.50. The van der Waals surface area contributed by atoms with Gasteiger partial charge in [-0.25, -0.2) is 0 Å². The number of nitrogens with zero attached hydrogens (tertiary/aromatic N) is 4. The number of allylic oxidation sites excluding steroid dienone is 1. The largest absolute Gasteiger partial charge is 0.490 e. The first-order valence-electron chi connectivity index (χ1n) is 5.61. The van der Waals surface area contributed by atoms with Gasteiger partial charge in [-0.15, -0.1) is 0 Å². The number of nitro groups is 1. The van der Waals surface area contributed by atoms with Gasteiger partial charge in [-0.05, 0) is 29.0 Å². The molecule has 7 heteroatoms. The van der Waals surface area contributed by atoms with E-state index in [1.54, 1.807) is 0 Å². The van der Waals surface area contributed by atoms with Crippen LogP contribution in [0.15, 0.2) is 41.1 Å². The van der Waals surface area contributed by atoms with Crippen molar-refractivity contribution in [2.24, 2.45) is 0 Å². The van der Waals surface area contributed by atoms with E-state index in [2.05, 4.69) is 26.0 Å². The third-order valence-electron chi connectivity index (χ3n) is 2.39. The normalized spacial score (nSPS) is 11.0. The Morgan fingerprint density at radius 1 is 1.37 bits per heavy atom. The summed E-state index contributed by atoms with van der Waals surface area (Å²) in [7, 11) is 0. The summed E-state index contributed by atoms with van der Waals surface area (Å²) in [6.45, 7) is 0.563. The number of hydrogen-bond donors (Lipinski definition) is 0. The van der Waals surface area contributed by atoms with Crippen LogP contribution < -0.4 is 0 Å². The Balaban J connectivity index is 1.85. The predicted octanol–water partition coefficient (Wildman–Crippen LogP) is 3.05. The lowest BCUT2D eigenvalue weighted by Gasteiger charge is -1.94. The van der Waals surface area contributed by atoms with Crippen molar-refractivity contribution in [1.29, 1.82) is 0 Å². The molecule has 19 heavy (non-hydrogen) atoms. The third kappa shape index (κ3) is 3.99. The van der Waals surface area contributed by atoms with Gasteiger partial charge in [-0.3, -0.25) is 0 Å². The number of halogens is 1. The summed E-state index contributed by atoms with van der Waals surface area (Å²) >= 11 is 3.37. The summed E-state index contributed by atoms with van der Waals surface area (Å²) in [6, 6.07) is 7.95. The molecule has 1 aromatic heterocycles. The summed E-state index contributed by atoms with van der Waals surface area (Å²) in [4.78, 5) is 13.4. The number of hydrogen-bond acceptors (Lipinski definition) is 4. The highest BCUT2D eigenvalue weighted by molar-refractivity contribution is 9.10. The maximum absolute atomic E-state index is 10.4. The van der Waals surface area contributed by atoms with Crippen LogP contribution in [0.3, 0.4) is 0 Å². The molecule has 0 bridgehead atoms. The molecule has 1 aromatic carbocycles. The van der Waals surface area contributed by atoms with Gasteiger partial charge in [0.1, 0.15) is 0 Å². The molecule has 0 aliphatic carbocycles.